The molecule has 0 unspecified atom stereocenters. The Morgan fingerprint density at radius 1 is 1.08 bits per heavy atom. The Hall–Kier alpha value is -0.390. The average Bonchev–Trinajstić information content (AvgIpc) is 2.01. The monoisotopic (exact) mass is 181 g/mol. The Kier molecular flexibility index (Phi) is 4.09. The van der Waals surface area contributed by atoms with Crippen LogP contribution in [0.5, 0.6) is 0 Å². The molecule has 13 heavy (non-hydrogen) atoms. The van der Waals surface area contributed by atoms with Crippen LogP contribution in [0.25, 0.3) is 0 Å². The summed E-state index contributed by atoms with van der Waals surface area (Å²) in [5, 5.41) is 0. The molecule has 0 heteroatoms. The van der Waals surface area contributed by atoms with Gasteiger partial charge in [-0.2, -0.15) is 0 Å². The van der Waals surface area contributed by atoms with E-state index in [9.17, 15) is 0 Å². The zero-order chi connectivity index (χ0) is 10.8. The first-order chi connectivity index (χ1) is 5.71. The van der Waals surface area contributed by atoms with Gasteiger partial charge in [-0.3, -0.25) is 0 Å². The van der Waals surface area contributed by atoms with Gasteiger partial charge in [0.15, 0.2) is 0 Å². The molecule has 0 heterocycles. The zero-order valence-electron chi connectivity index (χ0n) is 10.6. The highest BCUT2D eigenvalue weighted by Gasteiger charge is 2.19. The van der Waals surface area contributed by atoms with Crippen molar-refractivity contribution >= 4 is 0 Å². The van der Waals surface area contributed by atoms with Crippen molar-refractivity contribution in [2.45, 2.75) is 55.4 Å². The van der Waals surface area contributed by atoms with Gasteiger partial charge >= 0.3 is 0 Å². The Labute approximate surface area is 84.4 Å². The predicted molar refractivity (Wildman–Crippen MR) is 61.6 cm³/mol. The Balaban J connectivity index is 4.96. The van der Waals surface area contributed by atoms with Crippen molar-refractivity contribution in [1.29, 1.82) is 0 Å². The minimum atomic E-state index is 0.321. The lowest BCUT2D eigenvalue weighted by molar-refractivity contribution is 0.307. The van der Waals surface area contributed by atoms with E-state index in [4.69, 9.17) is 0 Å². The fourth-order valence-electron chi connectivity index (χ4n) is 1.29. The van der Waals surface area contributed by atoms with Crippen molar-refractivity contribution in [2.75, 3.05) is 0 Å². The van der Waals surface area contributed by atoms with Crippen LogP contribution in [0.4, 0.5) is 0 Å². The van der Waals surface area contributed by atoms with Crippen LogP contribution in [0.2, 0.25) is 0 Å². The van der Waals surface area contributed by atoms with Crippen LogP contribution >= 0.6 is 0 Å². The van der Waals surface area contributed by atoms with Crippen molar-refractivity contribution in [3.05, 3.63) is 17.1 Å². The summed E-state index contributed by atoms with van der Waals surface area (Å²) in [6.45, 7) is 18.1. The van der Waals surface area contributed by atoms with Gasteiger partial charge in [0.2, 0.25) is 0 Å². The second-order valence-electron chi connectivity index (χ2n) is 5.13. The summed E-state index contributed by atoms with van der Waals surface area (Å²) < 4.78 is 0. The Bertz CT molecular complexity index is 192. The van der Waals surface area contributed by atoms with Crippen molar-refractivity contribution < 1.29 is 0 Å². The summed E-state index contributed by atoms with van der Waals surface area (Å²) in [5.41, 5.74) is 3.32. The molecule has 0 radical (unpaired) electrons. The maximum absolute atomic E-state index is 2.33. The van der Waals surface area contributed by atoms with E-state index in [1.54, 1.807) is 0 Å². The molecule has 0 aromatic heterocycles. The molecule has 0 saturated heterocycles. The Morgan fingerprint density at radius 3 is 1.69 bits per heavy atom. The van der Waals surface area contributed by atoms with Gasteiger partial charge in [-0.1, -0.05) is 46.0 Å². The summed E-state index contributed by atoms with van der Waals surface area (Å²) in [6.07, 6.45) is 0. The molecule has 0 aliphatic carbocycles. The van der Waals surface area contributed by atoms with E-state index in [2.05, 4.69) is 55.4 Å². The maximum atomic E-state index is 2.33. The van der Waals surface area contributed by atoms with E-state index in [0.717, 1.165) is 0 Å². The van der Waals surface area contributed by atoms with Crippen molar-refractivity contribution in [3.63, 3.8) is 0 Å². The molecule has 0 aliphatic rings. The highest BCUT2D eigenvalue weighted by Crippen LogP contribution is 2.37. The van der Waals surface area contributed by atoms with E-state index in [1.807, 2.05) is 0 Å². The van der Waals surface area contributed by atoms with Gasteiger partial charge in [0.05, 0.1) is 0 Å². The second kappa shape index (κ2) is 4.21. The second-order valence-corrected chi connectivity index (χ2v) is 5.13. The lowest BCUT2D eigenvalue weighted by Crippen LogP contribution is -2.22. The molecule has 0 bridgehead atoms. The molecule has 0 rings (SSSR count). The molecule has 0 fully saturated rings. The summed E-state index contributed by atoms with van der Waals surface area (Å²) in [4.78, 5) is 0. The number of hydrogen-bond acceptors (Lipinski definition) is 0. The largest absolute Gasteiger partial charge is 0.219 e. The van der Waals surface area contributed by atoms with Gasteiger partial charge in [0, 0.05) is 0 Å². The number of allylic oxidation sites excluding steroid dienone is 2. The van der Waals surface area contributed by atoms with Gasteiger partial charge in [-0.25, -0.2) is 17.1 Å². The van der Waals surface area contributed by atoms with Crippen LogP contribution in [-0.4, -0.2) is 0 Å². The smallest absolute Gasteiger partial charge is 0.0536 e. The first-order valence-electron chi connectivity index (χ1n) is 5.19. The molecule has 0 saturated carbocycles. The Morgan fingerprint density at radius 2 is 1.46 bits per heavy atom. The summed E-state index contributed by atoms with van der Waals surface area (Å²) in [7, 11) is 0. The van der Waals surface area contributed by atoms with Gasteiger partial charge < -0.3 is 0 Å². The van der Waals surface area contributed by atoms with E-state index >= 15 is 0 Å². The van der Waals surface area contributed by atoms with Crippen LogP contribution < -0.4 is 0 Å². The maximum Gasteiger partial charge on any atom is -0.0536 e. The third kappa shape index (κ3) is 2.79. The molecule has 0 amide bonds. The third-order valence-electron chi connectivity index (χ3n) is 3.72. The molecule has 0 aromatic carbocycles. The minimum absolute atomic E-state index is 0.321. The number of hydrogen-bond donors (Lipinski definition) is 0. The predicted octanol–water partition coefficient (Wildman–Crippen LogP) is 4.62. The first-order valence-corrected chi connectivity index (χ1v) is 5.19. The van der Waals surface area contributed by atoms with Crippen LogP contribution in [0.15, 0.2) is 11.1 Å². The fourth-order valence-corrected chi connectivity index (χ4v) is 1.29. The molecule has 0 aliphatic heterocycles. The highest BCUT2D eigenvalue weighted by atomic mass is 14.3. The van der Waals surface area contributed by atoms with Crippen LogP contribution in [-0.2, 0) is 0 Å². The van der Waals surface area contributed by atoms with Gasteiger partial charge in [-0.05, 0) is 0 Å². The van der Waals surface area contributed by atoms with Crippen molar-refractivity contribution in [1.82, 2.24) is 0 Å². The van der Waals surface area contributed by atoms with Crippen molar-refractivity contribution in [3.8, 4) is 0 Å². The average molecular weight is 181 g/mol. The molecular formula is C13H25-. The minimum Gasteiger partial charge on any atom is -0.219 e. The van der Waals surface area contributed by atoms with E-state index in [-0.39, 0.29) is 0 Å². The van der Waals surface area contributed by atoms with E-state index in [0.29, 0.717) is 11.3 Å². The van der Waals surface area contributed by atoms with E-state index in [1.165, 1.54) is 17.1 Å². The molecule has 0 nitrogen and oxygen atoms in total. The van der Waals surface area contributed by atoms with Gasteiger partial charge in [-0.15, -0.1) is 20.8 Å². The zero-order valence-corrected chi connectivity index (χ0v) is 10.6. The number of rotatable bonds is 3. The first kappa shape index (κ1) is 12.6. The van der Waals surface area contributed by atoms with Crippen LogP contribution in [0.3, 0.4) is 0 Å². The quantitative estimate of drug-likeness (QED) is 0.557. The molecule has 78 valence electrons. The highest BCUT2D eigenvalue weighted by molar-refractivity contribution is 5.28. The van der Waals surface area contributed by atoms with E-state index < -0.39 is 0 Å². The fraction of sp³-hybridized carbons (Fsp3) is 0.769. The summed E-state index contributed by atoms with van der Waals surface area (Å²) in [6, 6.07) is 0. The van der Waals surface area contributed by atoms with Crippen LogP contribution in [0, 0.1) is 17.3 Å². The third-order valence-corrected chi connectivity index (χ3v) is 3.72. The topological polar surface area (TPSA) is 0 Å². The molecule has 0 N–H and O–H groups in total. The van der Waals surface area contributed by atoms with Gasteiger partial charge in [0.25, 0.3) is 0 Å². The molecular weight excluding hydrogens is 156 g/mol. The van der Waals surface area contributed by atoms with Crippen molar-refractivity contribution in [2.24, 2.45) is 11.3 Å². The lowest BCUT2D eigenvalue weighted by atomic mass is 9.72. The summed E-state index contributed by atoms with van der Waals surface area (Å²) in [5.74, 6) is 2.13. The summed E-state index contributed by atoms with van der Waals surface area (Å²) >= 11 is 0. The normalized spacial score (nSPS) is 14.5. The molecule has 0 atom stereocenters. The van der Waals surface area contributed by atoms with Gasteiger partial charge in [0.1, 0.15) is 0 Å². The lowest BCUT2D eigenvalue weighted by Gasteiger charge is -2.40. The molecule has 0 spiro atoms. The SMILES string of the molecule is C/C(=C(\C)C(C)(C)C(C)C)[C-](C)C. The molecule has 0 aromatic rings. The standard InChI is InChI=1S/C13H25/c1-9(2)11(5)12(6)13(7,8)10(3)4/h10H,1-8H3/q-1/b12-11-. The van der Waals surface area contributed by atoms with Crippen LogP contribution in [0.1, 0.15) is 55.4 Å².